The Morgan fingerprint density at radius 3 is 2.67 bits per heavy atom. The van der Waals surface area contributed by atoms with Gasteiger partial charge in [0.25, 0.3) is 0 Å². The van der Waals surface area contributed by atoms with E-state index in [0.717, 1.165) is 26.2 Å². The molecule has 2 unspecified atom stereocenters. The maximum atomic E-state index is 9.24. The molecule has 18 heavy (non-hydrogen) atoms. The van der Waals surface area contributed by atoms with Crippen LogP contribution in [0.25, 0.3) is 0 Å². The molecule has 1 heterocycles. The second-order valence-corrected chi connectivity index (χ2v) is 5.47. The van der Waals surface area contributed by atoms with Crippen LogP contribution in [0.15, 0.2) is 30.3 Å². The van der Waals surface area contributed by atoms with Gasteiger partial charge in [0.15, 0.2) is 0 Å². The molecule has 0 radical (unpaired) electrons. The van der Waals surface area contributed by atoms with Gasteiger partial charge in [-0.2, -0.15) is 0 Å². The molecule has 3 nitrogen and oxygen atoms in total. The second kappa shape index (κ2) is 6.32. The van der Waals surface area contributed by atoms with E-state index in [2.05, 4.69) is 54.1 Å². The molecule has 1 aromatic rings. The van der Waals surface area contributed by atoms with Gasteiger partial charge >= 0.3 is 0 Å². The number of hydrogen-bond acceptors (Lipinski definition) is 3. The summed E-state index contributed by atoms with van der Waals surface area (Å²) >= 11 is 0. The van der Waals surface area contributed by atoms with Gasteiger partial charge in [0.1, 0.15) is 0 Å². The lowest BCUT2D eigenvalue weighted by molar-refractivity contribution is 0.0663. The Morgan fingerprint density at radius 1 is 1.28 bits per heavy atom. The molecule has 3 heteroatoms. The van der Waals surface area contributed by atoms with Gasteiger partial charge in [-0.05, 0) is 18.5 Å². The summed E-state index contributed by atoms with van der Waals surface area (Å²) in [7, 11) is 2.18. The SMILES string of the molecule is CC(CO)CN1CCN(C)CC1c1ccccc1. The first-order chi connectivity index (χ1) is 8.70. The molecule has 1 N–H and O–H groups in total. The standard InChI is InChI=1S/C15H24N2O/c1-13(12-18)10-17-9-8-16(2)11-15(17)14-6-4-3-5-7-14/h3-7,13,15,18H,8-12H2,1-2H3. The van der Waals surface area contributed by atoms with Crippen molar-refractivity contribution in [2.75, 3.05) is 39.8 Å². The van der Waals surface area contributed by atoms with Crippen LogP contribution >= 0.6 is 0 Å². The molecule has 1 aliphatic heterocycles. The Kier molecular flexibility index (Phi) is 4.75. The monoisotopic (exact) mass is 248 g/mol. The number of aliphatic hydroxyl groups excluding tert-OH is 1. The summed E-state index contributed by atoms with van der Waals surface area (Å²) in [5.41, 5.74) is 1.38. The lowest BCUT2D eigenvalue weighted by Gasteiger charge is -2.41. The highest BCUT2D eigenvalue weighted by Gasteiger charge is 2.27. The van der Waals surface area contributed by atoms with Gasteiger partial charge in [-0.3, -0.25) is 4.90 Å². The second-order valence-electron chi connectivity index (χ2n) is 5.47. The minimum Gasteiger partial charge on any atom is -0.396 e. The van der Waals surface area contributed by atoms with E-state index >= 15 is 0 Å². The zero-order valence-corrected chi connectivity index (χ0v) is 11.4. The highest BCUT2D eigenvalue weighted by atomic mass is 16.3. The van der Waals surface area contributed by atoms with Gasteiger partial charge in [-0.15, -0.1) is 0 Å². The van der Waals surface area contributed by atoms with Gasteiger partial charge in [0, 0.05) is 38.8 Å². The van der Waals surface area contributed by atoms with Gasteiger partial charge in [-0.25, -0.2) is 0 Å². The van der Waals surface area contributed by atoms with Crippen molar-refractivity contribution in [3.05, 3.63) is 35.9 Å². The molecule has 1 aromatic carbocycles. The molecule has 0 saturated carbocycles. The third-order valence-electron chi connectivity index (χ3n) is 3.74. The Labute approximate surface area is 110 Å². The first-order valence-corrected chi connectivity index (χ1v) is 6.79. The molecule has 1 saturated heterocycles. The van der Waals surface area contributed by atoms with Gasteiger partial charge < -0.3 is 10.0 Å². The Balaban J connectivity index is 2.11. The maximum Gasteiger partial charge on any atom is 0.0475 e. The Bertz CT molecular complexity index is 355. The molecule has 0 aromatic heterocycles. The van der Waals surface area contributed by atoms with E-state index in [9.17, 15) is 5.11 Å². The molecule has 1 fully saturated rings. The first kappa shape index (κ1) is 13.5. The van der Waals surface area contributed by atoms with Crippen molar-refractivity contribution in [1.29, 1.82) is 0 Å². The van der Waals surface area contributed by atoms with Crippen molar-refractivity contribution in [3.8, 4) is 0 Å². The van der Waals surface area contributed by atoms with Crippen LogP contribution in [0.2, 0.25) is 0 Å². The summed E-state index contributed by atoms with van der Waals surface area (Å²) in [4.78, 5) is 4.90. The van der Waals surface area contributed by atoms with Crippen molar-refractivity contribution < 1.29 is 5.11 Å². The summed E-state index contributed by atoms with van der Waals surface area (Å²) in [6, 6.07) is 11.2. The zero-order chi connectivity index (χ0) is 13.0. The van der Waals surface area contributed by atoms with Crippen LogP contribution < -0.4 is 0 Å². The molecule has 0 bridgehead atoms. The summed E-state index contributed by atoms with van der Waals surface area (Å²) in [5, 5.41) is 9.24. The fraction of sp³-hybridized carbons (Fsp3) is 0.600. The molecule has 0 amide bonds. The normalized spacial score (nSPS) is 24.1. The van der Waals surface area contributed by atoms with Crippen molar-refractivity contribution in [3.63, 3.8) is 0 Å². The summed E-state index contributed by atoms with van der Waals surface area (Å²) < 4.78 is 0. The van der Waals surface area contributed by atoms with Crippen LogP contribution in [0.4, 0.5) is 0 Å². The summed E-state index contributed by atoms with van der Waals surface area (Å²) in [6.07, 6.45) is 0. The number of piperazine rings is 1. The largest absolute Gasteiger partial charge is 0.396 e. The number of nitrogens with zero attached hydrogens (tertiary/aromatic N) is 2. The van der Waals surface area contributed by atoms with E-state index < -0.39 is 0 Å². The molecular weight excluding hydrogens is 224 g/mol. The number of hydrogen-bond donors (Lipinski definition) is 1. The molecule has 0 aliphatic carbocycles. The van der Waals surface area contributed by atoms with Crippen LogP contribution in [-0.2, 0) is 0 Å². The van der Waals surface area contributed by atoms with Crippen LogP contribution in [0.1, 0.15) is 18.5 Å². The molecule has 2 atom stereocenters. The highest BCUT2D eigenvalue weighted by molar-refractivity contribution is 5.20. The maximum absolute atomic E-state index is 9.24. The molecule has 1 aliphatic rings. The number of aliphatic hydroxyl groups is 1. The fourth-order valence-electron chi connectivity index (χ4n) is 2.62. The quantitative estimate of drug-likeness (QED) is 0.877. The highest BCUT2D eigenvalue weighted by Crippen LogP contribution is 2.25. The topological polar surface area (TPSA) is 26.7 Å². The van der Waals surface area contributed by atoms with Crippen molar-refractivity contribution in [1.82, 2.24) is 9.80 Å². The zero-order valence-electron chi connectivity index (χ0n) is 11.4. The van der Waals surface area contributed by atoms with Crippen LogP contribution in [0, 0.1) is 5.92 Å². The molecule has 0 spiro atoms. The third kappa shape index (κ3) is 3.31. The van der Waals surface area contributed by atoms with Gasteiger partial charge in [-0.1, -0.05) is 37.3 Å². The number of likely N-dealkylation sites (N-methyl/N-ethyl adjacent to an activating group) is 1. The minimum atomic E-state index is 0.272. The minimum absolute atomic E-state index is 0.272. The van der Waals surface area contributed by atoms with E-state index in [4.69, 9.17) is 0 Å². The molecule has 100 valence electrons. The lowest BCUT2D eigenvalue weighted by atomic mass is 10.0. The summed E-state index contributed by atoms with van der Waals surface area (Å²) in [5.74, 6) is 0.347. The van der Waals surface area contributed by atoms with E-state index in [1.54, 1.807) is 0 Å². The first-order valence-electron chi connectivity index (χ1n) is 6.79. The smallest absolute Gasteiger partial charge is 0.0475 e. The molecular formula is C15H24N2O. The van der Waals surface area contributed by atoms with Crippen LogP contribution in [0.5, 0.6) is 0 Å². The fourth-order valence-corrected chi connectivity index (χ4v) is 2.62. The van der Waals surface area contributed by atoms with Crippen LogP contribution in [0.3, 0.4) is 0 Å². The third-order valence-corrected chi connectivity index (χ3v) is 3.74. The van der Waals surface area contributed by atoms with Gasteiger partial charge in [0.05, 0.1) is 0 Å². The lowest BCUT2D eigenvalue weighted by Crippen LogP contribution is -2.48. The Hall–Kier alpha value is -0.900. The van der Waals surface area contributed by atoms with Crippen molar-refractivity contribution >= 4 is 0 Å². The van der Waals surface area contributed by atoms with Crippen molar-refractivity contribution in [2.45, 2.75) is 13.0 Å². The predicted molar refractivity (Wildman–Crippen MR) is 74.5 cm³/mol. The van der Waals surface area contributed by atoms with E-state index in [1.807, 2.05) is 0 Å². The van der Waals surface area contributed by atoms with E-state index in [0.29, 0.717) is 12.0 Å². The predicted octanol–water partition coefficient (Wildman–Crippen LogP) is 1.60. The van der Waals surface area contributed by atoms with Crippen molar-refractivity contribution in [2.24, 2.45) is 5.92 Å². The average Bonchev–Trinajstić information content (AvgIpc) is 2.41. The summed E-state index contributed by atoms with van der Waals surface area (Å²) in [6.45, 7) is 6.63. The average molecular weight is 248 g/mol. The number of rotatable bonds is 4. The molecule has 2 rings (SSSR count). The number of benzene rings is 1. The van der Waals surface area contributed by atoms with Gasteiger partial charge in [0.2, 0.25) is 0 Å². The van der Waals surface area contributed by atoms with E-state index in [-0.39, 0.29) is 6.61 Å². The van der Waals surface area contributed by atoms with Crippen LogP contribution in [-0.4, -0.2) is 54.7 Å². The van der Waals surface area contributed by atoms with E-state index in [1.165, 1.54) is 5.56 Å². The Morgan fingerprint density at radius 2 is 2.00 bits per heavy atom.